The van der Waals surface area contributed by atoms with E-state index in [1.807, 2.05) is 52.0 Å². The Labute approximate surface area is 316 Å². The highest BCUT2D eigenvalue weighted by atomic mass is 16.5. The molecule has 0 radical (unpaired) electrons. The Morgan fingerprint density at radius 1 is 0.722 bits per heavy atom. The first kappa shape index (κ1) is 39.4. The van der Waals surface area contributed by atoms with E-state index in [0.29, 0.717) is 36.1 Å². The Bertz CT molecular complexity index is 1810. The van der Waals surface area contributed by atoms with Gasteiger partial charge in [-0.15, -0.1) is 0 Å². The van der Waals surface area contributed by atoms with E-state index in [1.165, 1.54) is 14.2 Å². The summed E-state index contributed by atoms with van der Waals surface area (Å²) < 4.78 is 9.49. The van der Waals surface area contributed by atoms with Crippen LogP contribution in [0.4, 0.5) is 9.59 Å². The van der Waals surface area contributed by atoms with Crippen molar-refractivity contribution < 1.29 is 28.7 Å². The smallest absolute Gasteiger partial charge is 0.407 e. The fourth-order valence-electron chi connectivity index (χ4n) is 6.91. The number of aromatic amines is 2. The van der Waals surface area contributed by atoms with Crippen LogP contribution in [-0.2, 0) is 19.1 Å². The van der Waals surface area contributed by atoms with Crippen molar-refractivity contribution in [2.45, 2.75) is 78.6 Å². The Morgan fingerprint density at radius 2 is 1.09 bits per heavy atom. The van der Waals surface area contributed by atoms with Gasteiger partial charge in [-0.05, 0) is 72.6 Å². The van der Waals surface area contributed by atoms with Crippen molar-refractivity contribution in [2.24, 2.45) is 23.7 Å². The van der Waals surface area contributed by atoms with E-state index in [1.54, 1.807) is 22.2 Å². The van der Waals surface area contributed by atoms with Crippen LogP contribution in [0.5, 0.6) is 0 Å². The van der Waals surface area contributed by atoms with Gasteiger partial charge in [0.05, 0.1) is 38.7 Å². The number of nitrogens with zero attached hydrogens (tertiary/aromatic N) is 4. The number of nitrogens with one attached hydrogen (secondary N) is 4. The number of aromatic nitrogens is 4. The lowest BCUT2D eigenvalue weighted by atomic mass is 10.1. The summed E-state index contributed by atoms with van der Waals surface area (Å²) in [5, 5.41) is 5.36. The van der Waals surface area contributed by atoms with E-state index in [2.05, 4.69) is 68.1 Å². The van der Waals surface area contributed by atoms with Gasteiger partial charge >= 0.3 is 12.2 Å². The lowest BCUT2D eigenvalue weighted by molar-refractivity contribution is -0.136. The van der Waals surface area contributed by atoms with Gasteiger partial charge in [-0.2, -0.15) is 0 Å². The summed E-state index contributed by atoms with van der Waals surface area (Å²) in [7, 11) is 2.56. The first-order valence-corrected chi connectivity index (χ1v) is 18.3. The molecule has 4 heterocycles. The molecule has 4 amide bonds. The lowest BCUT2D eigenvalue weighted by Crippen LogP contribution is -2.51. The monoisotopic (exact) mass is 742 g/mol. The zero-order valence-corrected chi connectivity index (χ0v) is 32.1. The highest BCUT2D eigenvalue weighted by Gasteiger charge is 2.41. The summed E-state index contributed by atoms with van der Waals surface area (Å²) in [6.45, 7) is 12.8. The molecule has 5 rings (SSSR count). The molecule has 2 aliphatic heterocycles. The van der Waals surface area contributed by atoms with Crippen molar-refractivity contribution in [1.29, 1.82) is 0 Å². The maximum Gasteiger partial charge on any atom is 0.407 e. The number of methoxy groups -OCH3 is 2. The van der Waals surface area contributed by atoms with Crippen molar-refractivity contribution in [1.82, 2.24) is 40.4 Å². The molecule has 4 N–H and O–H groups in total. The molecule has 2 saturated heterocycles. The number of likely N-dealkylation sites (tertiary alicyclic amines) is 2. The molecule has 6 atom stereocenters. The van der Waals surface area contributed by atoms with Crippen LogP contribution in [0, 0.1) is 47.4 Å². The van der Waals surface area contributed by atoms with Crippen LogP contribution >= 0.6 is 0 Å². The molecule has 1 aromatic carbocycles. The minimum Gasteiger partial charge on any atom is -0.453 e. The largest absolute Gasteiger partial charge is 0.453 e. The van der Waals surface area contributed by atoms with E-state index < -0.39 is 24.3 Å². The second kappa shape index (κ2) is 17.4. The van der Waals surface area contributed by atoms with Gasteiger partial charge in [0.25, 0.3) is 0 Å². The minimum absolute atomic E-state index is 0.125. The van der Waals surface area contributed by atoms with Crippen LogP contribution < -0.4 is 10.6 Å². The molecule has 2 aliphatic rings. The summed E-state index contributed by atoms with van der Waals surface area (Å²) >= 11 is 0. The Kier molecular flexibility index (Phi) is 12.7. The molecule has 0 aliphatic carbocycles. The molecule has 3 aromatic rings. The molecule has 14 nitrogen and oxygen atoms in total. The van der Waals surface area contributed by atoms with Crippen molar-refractivity contribution in [3.63, 3.8) is 0 Å². The van der Waals surface area contributed by atoms with Crippen LogP contribution in [0.25, 0.3) is 0 Å². The Balaban J connectivity index is 1.23. The van der Waals surface area contributed by atoms with Crippen LogP contribution in [0.1, 0.15) is 101 Å². The lowest BCUT2D eigenvalue weighted by Gasteiger charge is -2.30. The standard InChI is InChI=1S/C40H50N8O6/c1-23(2)33(45-39(51)53-7)37(49)47-21-25(5)17-31(47)35-41-19-29(43-35)15-13-27-9-11-28(12-10-27)14-16-30-20-42-36(44-30)32-18-26(6)22-48(32)38(50)34(24(3)4)46-40(52)54-8/h9-12,19-20,23-26,31-34H,17-18,21-22H2,1-8H3,(H,41,43)(H,42,44)(H,45,51)(H,46,52)/t25-,26-,31-,32-,33-,34-/m0/s1/i37+2,38+2. The topological polar surface area (TPSA) is 175 Å². The number of hydrogen-bond acceptors (Lipinski definition) is 8. The molecule has 0 bridgehead atoms. The number of alkyl carbamates (subject to hydrolysis) is 2. The summed E-state index contributed by atoms with van der Waals surface area (Å²) in [5.41, 5.74) is 2.84. The van der Waals surface area contributed by atoms with E-state index in [-0.39, 0.29) is 47.6 Å². The van der Waals surface area contributed by atoms with Gasteiger partial charge < -0.3 is 39.9 Å². The molecule has 2 fully saturated rings. The maximum atomic E-state index is 13.6. The number of amides is 4. The zero-order valence-electron chi connectivity index (χ0n) is 32.1. The molecular weight excluding hydrogens is 692 g/mol. The Hall–Kier alpha value is -5.76. The summed E-state index contributed by atoms with van der Waals surface area (Å²) in [5.74, 6) is 13.8. The highest BCUT2D eigenvalue weighted by molar-refractivity contribution is 5.87. The van der Waals surface area contributed by atoms with Crippen molar-refractivity contribution in [3.8, 4) is 23.7 Å². The van der Waals surface area contributed by atoms with Crippen molar-refractivity contribution in [2.75, 3.05) is 27.3 Å². The number of H-pyrrole nitrogens is 2. The van der Waals surface area contributed by atoms with E-state index >= 15 is 0 Å². The molecular formula is C40H50N8O6. The van der Waals surface area contributed by atoms with Gasteiger partial charge in [0.2, 0.25) is 11.8 Å². The van der Waals surface area contributed by atoms with Gasteiger partial charge in [0.1, 0.15) is 35.1 Å². The SMILES string of the molecule is COC(=O)N[C@@H](C(C)C)[14C](=O)N1C[C@@H](C)C[C@H]1c1ncc(C#Cc2ccc(C#Cc3cnc([C@@H]4C[C@H](C)CN4[14C](=O)[C@@H](NC(=O)OC)C(C)C)[nH]3)cc2)[nH]1. The number of imidazole rings is 2. The average molecular weight is 743 g/mol. The third-order valence-corrected chi connectivity index (χ3v) is 9.76. The molecule has 2 aromatic heterocycles. The minimum atomic E-state index is -0.713. The van der Waals surface area contributed by atoms with Gasteiger partial charge in [0, 0.05) is 24.2 Å². The molecule has 0 unspecified atom stereocenters. The first-order chi connectivity index (χ1) is 25.8. The summed E-state index contributed by atoms with van der Waals surface area (Å²) in [6.07, 6.45) is 3.54. The quantitative estimate of drug-likeness (QED) is 0.244. The van der Waals surface area contributed by atoms with E-state index in [4.69, 9.17) is 9.47 Å². The molecule has 286 valence electrons. The zero-order chi connectivity index (χ0) is 39.1. The van der Waals surface area contributed by atoms with Crippen molar-refractivity contribution in [3.05, 3.63) is 70.8 Å². The van der Waals surface area contributed by atoms with Gasteiger partial charge in [-0.25, -0.2) is 19.6 Å². The van der Waals surface area contributed by atoms with E-state index in [0.717, 1.165) is 24.0 Å². The molecule has 54 heavy (non-hydrogen) atoms. The summed E-state index contributed by atoms with van der Waals surface area (Å²) in [6, 6.07) is 5.62. The Morgan fingerprint density at radius 3 is 1.43 bits per heavy atom. The average Bonchev–Trinajstić information content (AvgIpc) is 3.97. The molecule has 0 saturated carbocycles. The predicted molar refractivity (Wildman–Crippen MR) is 200 cm³/mol. The van der Waals surface area contributed by atoms with Crippen LogP contribution in [0.3, 0.4) is 0 Å². The molecule has 14 heteroatoms. The van der Waals surface area contributed by atoms with Crippen LogP contribution in [0.15, 0.2) is 36.7 Å². The van der Waals surface area contributed by atoms with E-state index in [9.17, 15) is 19.2 Å². The number of benzene rings is 1. The first-order valence-electron chi connectivity index (χ1n) is 18.3. The predicted octanol–water partition coefficient (Wildman–Crippen LogP) is 4.51. The maximum absolute atomic E-state index is 13.6. The number of hydrogen-bond donors (Lipinski definition) is 4. The highest BCUT2D eigenvalue weighted by Crippen LogP contribution is 2.36. The third-order valence-electron chi connectivity index (χ3n) is 9.76. The fourth-order valence-corrected chi connectivity index (χ4v) is 6.91. The second-order valence-electron chi connectivity index (χ2n) is 14.9. The summed E-state index contributed by atoms with van der Waals surface area (Å²) in [4.78, 5) is 70.3. The van der Waals surface area contributed by atoms with Gasteiger partial charge in [-0.1, -0.05) is 53.4 Å². The number of rotatable bonds is 8. The number of carbonyl (C=O) groups excluding carboxylic acids is 4. The third kappa shape index (κ3) is 9.42. The normalized spacial score (nSPS) is 20.4. The van der Waals surface area contributed by atoms with Gasteiger partial charge in [-0.3, -0.25) is 9.59 Å². The number of carbonyl (C=O) groups is 4. The van der Waals surface area contributed by atoms with Crippen molar-refractivity contribution >= 4 is 24.0 Å². The van der Waals surface area contributed by atoms with Crippen LogP contribution in [0.2, 0.25) is 0 Å². The fraction of sp³-hybridized carbons (Fsp3) is 0.500. The van der Waals surface area contributed by atoms with Crippen LogP contribution in [-0.4, -0.2) is 93.1 Å². The molecule has 0 spiro atoms. The second-order valence-corrected chi connectivity index (χ2v) is 14.9. The van der Waals surface area contributed by atoms with Gasteiger partial charge in [0.15, 0.2) is 0 Å². The number of ether oxygens (including phenoxy) is 2.